The van der Waals surface area contributed by atoms with Crippen molar-refractivity contribution in [3.63, 3.8) is 0 Å². The molecule has 0 atom stereocenters. The second-order valence-electron chi connectivity index (χ2n) is 1.67. The van der Waals surface area contributed by atoms with Crippen LogP contribution in [0.1, 0.15) is 4.88 Å². The highest BCUT2D eigenvalue weighted by Gasteiger charge is 1.83. The molecule has 1 aromatic rings. The first kappa shape index (κ1) is 7.02. The van der Waals surface area contributed by atoms with Crippen LogP contribution in [0.3, 0.4) is 0 Å². The van der Waals surface area contributed by atoms with Crippen LogP contribution in [-0.4, -0.2) is 5.97 Å². The Hall–Kier alpha value is -1.09. The van der Waals surface area contributed by atoms with Gasteiger partial charge >= 0.3 is 0 Å². The molecule has 0 unspecified atom stereocenters. The topological polar surface area (TPSA) is 40.1 Å². The Morgan fingerprint density at radius 1 is 1.70 bits per heavy atom. The number of hydrogen-bond acceptors (Lipinski definition) is 3. The lowest BCUT2D eigenvalue weighted by Crippen LogP contribution is -2.18. The van der Waals surface area contributed by atoms with E-state index in [1.165, 1.54) is 17.4 Å². The van der Waals surface area contributed by atoms with Gasteiger partial charge in [-0.2, -0.15) is 0 Å². The number of hydrogen-bond donors (Lipinski definition) is 0. The monoisotopic (exact) mass is 153 g/mol. The molecule has 0 radical (unpaired) electrons. The summed E-state index contributed by atoms with van der Waals surface area (Å²) in [4.78, 5) is 10.8. The van der Waals surface area contributed by atoms with Crippen molar-refractivity contribution >= 4 is 23.4 Å². The lowest BCUT2D eigenvalue weighted by atomic mass is 10.4. The lowest BCUT2D eigenvalue weighted by Gasteiger charge is -1.87. The maximum absolute atomic E-state index is 9.90. The molecular weight excluding hydrogens is 148 g/mol. The smallest absolute Gasteiger partial charge is 0.0643 e. The first-order chi connectivity index (χ1) is 4.79. The van der Waals surface area contributed by atoms with Crippen molar-refractivity contribution in [2.24, 2.45) is 0 Å². The van der Waals surface area contributed by atoms with Gasteiger partial charge in [-0.25, -0.2) is 0 Å². The van der Waals surface area contributed by atoms with Crippen LogP contribution in [-0.2, 0) is 4.79 Å². The molecule has 0 N–H and O–H groups in total. The predicted octanol–water partition coefficient (Wildman–Crippen LogP) is 0.511. The molecule has 0 amide bonds. The SMILES string of the molecule is O=C([O-])/C=C\c1cccs1. The fourth-order valence-electron chi connectivity index (χ4n) is 0.536. The van der Waals surface area contributed by atoms with Gasteiger partial charge in [0, 0.05) is 4.88 Å². The van der Waals surface area contributed by atoms with Gasteiger partial charge in [-0.15, -0.1) is 11.3 Å². The Balaban J connectivity index is 2.64. The quantitative estimate of drug-likeness (QED) is 0.581. The van der Waals surface area contributed by atoms with E-state index in [1.54, 1.807) is 0 Å². The van der Waals surface area contributed by atoms with Crippen molar-refractivity contribution in [2.45, 2.75) is 0 Å². The Morgan fingerprint density at radius 2 is 2.50 bits per heavy atom. The second-order valence-corrected chi connectivity index (χ2v) is 2.65. The molecule has 0 aliphatic carbocycles. The summed E-state index contributed by atoms with van der Waals surface area (Å²) in [5.41, 5.74) is 0. The number of carbonyl (C=O) groups is 1. The molecule has 52 valence electrons. The van der Waals surface area contributed by atoms with Gasteiger partial charge in [0.05, 0.1) is 5.97 Å². The molecule has 0 aromatic carbocycles. The molecule has 3 heteroatoms. The summed E-state index contributed by atoms with van der Waals surface area (Å²) in [6.45, 7) is 0. The van der Waals surface area contributed by atoms with Crippen molar-refractivity contribution < 1.29 is 9.90 Å². The minimum absolute atomic E-state index is 0.921. The fraction of sp³-hybridized carbons (Fsp3) is 0. The maximum Gasteiger partial charge on any atom is 0.0643 e. The molecule has 0 aliphatic heterocycles. The van der Waals surface area contributed by atoms with E-state index in [4.69, 9.17) is 0 Å². The van der Waals surface area contributed by atoms with E-state index in [1.807, 2.05) is 17.5 Å². The summed E-state index contributed by atoms with van der Waals surface area (Å²) in [6.07, 6.45) is 2.53. The highest BCUT2D eigenvalue weighted by atomic mass is 32.1. The highest BCUT2D eigenvalue weighted by Crippen LogP contribution is 2.09. The van der Waals surface area contributed by atoms with Crippen LogP contribution in [0.25, 0.3) is 6.08 Å². The summed E-state index contributed by atoms with van der Waals surface area (Å²) in [6, 6.07) is 3.70. The van der Waals surface area contributed by atoms with E-state index >= 15 is 0 Å². The van der Waals surface area contributed by atoms with Gasteiger partial charge in [0.25, 0.3) is 0 Å². The number of carboxylic acids is 1. The summed E-state index contributed by atoms with van der Waals surface area (Å²) in [7, 11) is 0. The highest BCUT2D eigenvalue weighted by molar-refractivity contribution is 7.10. The molecule has 10 heavy (non-hydrogen) atoms. The van der Waals surface area contributed by atoms with Crippen LogP contribution in [0.5, 0.6) is 0 Å². The van der Waals surface area contributed by atoms with Gasteiger partial charge in [-0.05, 0) is 23.6 Å². The normalized spacial score (nSPS) is 10.4. The molecule has 0 bridgehead atoms. The molecule has 1 rings (SSSR count). The number of carboxylic acid groups (broad SMARTS) is 1. The number of aliphatic carboxylic acids is 1. The molecule has 0 aliphatic rings. The zero-order valence-electron chi connectivity index (χ0n) is 5.11. The molecule has 0 saturated heterocycles. The average Bonchev–Trinajstić information content (AvgIpc) is 2.34. The third kappa shape index (κ3) is 2.03. The van der Waals surface area contributed by atoms with Gasteiger partial charge in [-0.3, -0.25) is 0 Å². The van der Waals surface area contributed by atoms with E-state index in [0.717, 1.165) is 11.0 Å². The van der Waals surface area contributed by atoms with Crippen molar-refractivity contribution in [3.05, 3.63) is 28.5 Å². The van der Waals surface area contributed by atoms with E-state index in [-0.39, 0.29) is 0 Å². The third-order valence-corrected chi connectivity index (χ3v) is 1.76. The molecule has 1 aromatic heterocycles. The van der Waals surface area contributed by atoms with Crippen LogP contribution in [0.2, 0.25) is 0 Å². The van der Waals surface area contributed by atoms with Crippen LogP contribution in [0.4, 0.5) is 0 Å². The summed E-state index contributed by atoms with van der Waals surface area (Å²) >= 11 is 1.49. The molecule has 1 heterocycles. The first-order valence-electron chi connectivity index (χ1n) is 2.71. The number of thiophene rings is 1. The number of rotatable bonds is 2. The van der Waals surface area contributed by atoms with Crippen molar-refractivity contribution in [1.82, 2.24) is 0 Å². The molecule has 0 saturated carbocycles. The average molecular weight is 153 g/mol. The minimum Gasteiger partial charge on any atom is -0.545 e. The van der Waals surface area contributed by atoms with Crippen molar-refractivity contribution in [1.29, 1.82) is 0 Å². The van der Waals surface area contributed by atoms with Gasteiger partial charge in [0.2, 0.25) is 0 Å². The Kier molecular flexibility index (Phi) is 2.23. The lowest BCUT2D eigenvalue weighted by molar-refractivity contribution is -0.297. The molecule has 0 spiro atoms. The zero-order chi connectivity index (χ0) is 7.40. The third-order valence-electron chi connectivity index (χ3n) is 0.927. The molecule has 2 nitrogen and oxygen atoms in total. The van der Waals surface area contributed by atoms with Crippen molar-refractivity contribution in [2.75, 3.05) is 0 Å². The minimum atomic E-state index is -1.16. The van der Waals surface area contributed by atoms with E-state index in [2.05, 4.69) is 0 Å². The summed E-state index contributed by atoms with van der Waals surface area (Å²) in [5, 5.41) is 11.8. The first-order valence-corrected chi connectivity index (χ1v) is 3.59. The van der Waals surface area contributed by atoms with Gasteiger partial charge < -0.3 is 9.90 Å². The maximum atomic E-state index is 9.90. The Labute approximate surface area is 62.4 Å². The second kappa shape index (κ2) is 3.17. The molecular formula is C7H5O2S-. The van der Waals surface area contributed by atoms with Crippen LogP contribution >= 0.6 is 11.3 Å². The fourth-order valence-corrected chi connectivity index (χ4v) is 1.15. The van der Waals surface area contributed by atoms with E-state index < -0.39 is 5.97 Å². The largest absolute Gasteiger partial charge is 0.545 e. The number of carbonyl (C=O) groups excluding carboxylic acids is 1. The van der Waals surface area contributed by atoms with Gasteiger partial charge in [0.1, 0.15) is 0 Å². The Morgan fingerprint density at radius 3 is 3.00 bits per heavy atom. The summed E-state index contributed by atoms with van der Waals surface area (Å²) < 4.78 is 0. The van der Waals surface area contributed by atoms with Crippen LogP contribution < -0.4 is 5.11 Å². The van der Waals surface area contributed by atoms with E-state index in [9.17, 15) is 9.90 Å². The van der Waals surface area contributed by atoms with Gasteiger partial charge in [0.15, 0.2) is 0 Å². The van der Waals surface area contributed by atoms with E-state index in [0.29, 0.717) is 0 Å². The Bertz CT molecular complexity index is 236. The zero-order valence-corrected chi connectivity index (χ0v) is 5.93. The van der Waals surface area contributed by atoms with Crippen LogP contribution in [0, 0.1) is 0 Å². The summed E-state index contributed by atoms with van der Waals surface area (Å²) in [5.74, 6) is -1.16. The molecule has 0 fully saturated rings. The van der Waals surface area contributed by atoms with Gasteiger partial charge in [-0.1, -0.05) is 6.07 Å². The predicted molar refractivity (Wildman–Crippen MR) is 38.4 cm³/mol. The van der Waals surface area contributed by atoms with Crippen LogP contribution in [0.15, 0.2) is 23.6 Å². The standard InChI is InChI=1S/C7H6O2S/c8-7(9)4-3-6-2-1-5-10-6/h1-5H,(H,8,9)/p-1/b4-3-. The van der Waals surface area contributed by atoms with Crippen molar-refractivity contribution in [3.8, 4) is 0 Å².